The quantitative estimate of drug-likeness (QED) is 0.436. The van der Waals surface area contributed by atoms with Gasteiger partial charge in [-0.2, -0.15) is 0 Å². The highest BCUT2D eigenvalue weighted by atomic mass is 35.5. The van der Waals surface area contributed by atoms with E-state index in [-0.39, 0.29) is 10.8 Å². The summed E-state index contributed by atoms with van der Waals surface area (Å²) in [6.07, 6.45) is 1.55. The van der Waals surface area contributed by atoms with Crippen LogP contribution >= 0.6 is 11.6 Å². The van der Waals surface area contributed by atoms with Crippen molar-refractivity contribution in [3.63, 3.8) is 0 Å². The number of hydrogen-bond donors (Lipinski definition) is 0. The number of anilines is 1. The van der Waals surface area contributed by atoms with Gasteiger partial charge in [-0.3, -0.25) is 4.79 Å². The molecule has 2 rings (SSSR count). The van der Waals surface area contributed by atoms with Gasteiger partial charge in [-0.15, -0.1) is 0 Å². The van der Waals surface area contributed by atoms with Crippen molar-refractivity contribution in [1.82, 2.24) is 0 Å². The molecular weight excluding hydrogens is 394 g/mol. The molecule has 156 valence electrons. The summed E-state index contributed by atoms with van der Waals surface area (Å²) in [4.78, 5) is 14.8. The third-order valence-electron chi connectivity index (χ3n) is 4.24. The smallest absolute Gasteiger partial charge is 0.204 e. The second-order valence-electron chi connectivity index (χ2n) is 6.28. The van der Waals surface area contributed by atoms with Crippen LogP contribution in [0, 0.1) is 0 Å². The summed E-state index contributed by atoms with van der Waals surface area (Å²) in [6.45, 7) is 2.45. The molecule has 6 nitrogen and oxygen atoms in total. The molecule has 0 atom stereocenters. The number of hydrogen-bond acceptors (Lipinski definition) is 6. The maximum atomic E-state index is 12.9. The molecule has 7 heteroatoms. The van der Waals surface area contributed by atoms with Crippen LogP contribution in [-0.2, 0) is 0 Å². The average Bonchev–Trinajstić information content (AvgIpc) is 2.73. The molecule has 0 aliphatic heterocycles. The van der Waals surface area contributed by atoms with E-state index in [0.29, 0.717) is 40.7 Å². The Morgan fingerprint density at radius 2 is 1.59 bits per heavy atom. The first-order valence-corrected chi connectivity index (χ1v) is 9.40. The van der Waals surface area contributed by atoms with Crippen molar-refractivity contribution in [3.05, 3.63) is 46.5 Å². The van der Waals surface area contributed by atoms with E-state index < -0.39 is 0 Å². The van der Waals surface area contributed by atoms with Crippen molar-refractivity contribution < 1.29 is 23.7 Å². The predicted octanol–water partition coefficient (Wildman–Crippen LogP) is 4.64. The monoisotopic (exact) mass is 419 g/mol. The molecule has 29 heavy (non-hydrogen) atoms. The standard InChI is InChI=1S/C22H26ClNO5/c1-7-29-18-9-8-14(11-17(18)24(2)3)22(25)16(23)10-15-12-20(27-5)21(28-6)13-19(15)26-4/h8-13H,7H2,1-6H3. The Balaban J connectivity index is 2.44. The molecule has 0 saturated carbocycles. The number of carbonyl (C=O) groups excluding carboxylic acids is 1. The lowest BCUT2D eigenvalue weighted by Gasteiger charge is -2.18. The molecule has 0 aliphatic carbocycles. The van der Waals surface area contributed by atoms with Gasteiger partial charge in [-0.25, -0.2) is 0 Å². The van der Waals surface area contributed by atoms with Gasteiger partial charge in [0.15, 0.2) is 11.5 Å². The van der Waals surface area contributed by atoms with E-state index in [0.717, 1.165) is 5.69 Å². The van der Waals surface area contributed by atoms with Crippen LogP contribution in [0.15, 0.2) is 35.4 Å². The Morgan fingerprint density at radius 1 is 0.966 bits per heavy atom. The maximum Gasteiger partial charge on any atom is 0.204 e. The third-order valence-corrected chi connectivity index (χ3v) is 4.52. The normalized spacial score (nSPS) is 11.1. The van der Waals surface area contributed by atoms with Crippen LogP contribution in [0.4, 0.5) is 5.69 Å². The number of allylic oxidation sites excluding steroid dienone is 1. The Bertz CT molecular complexity index is 908. The molecule has 0 saturated heterocycles. The molecule has 2 aromatic carbocycles. The number of halogens is 1. The summed E-state index contributed by atoms with van der Waals surface area (Å²) >= 11 is 6.37. The molecule has 0 spiro atoms. The molecule has 0 fully saturated rings. The Morgan fingerprint density at radius 3 is 2.14 bits per heavy atom. The second-order valence-corrected chi connectivity index (χ2v) is 6.69. The van der Waals surface area contributed by atoms with Gasteiger partial charge in [0.05, 0.1) is 38.7 Å². The lowest BCUT2D eigenvalue weighted by Crippen LogP contribution is -2.12. The van der Waals surface area contributed by atoms with Gasteiger partial charge in [-0.1, -0.05) is 11.6 Å². The number of methoxy groups -OCH3 is 3. The topological polar surface area (TPSA) is 57.2 Å². The highest BCUT2D eigenvalue weighted by Crippen LogP contribution is 2.36. The van der Waals surface area contributed by atoms with Crippen molar-refractivity contribution >= 4 is 29.1 Å². The lowest BCUT2D eigenvalue weighted by molar-refractivity contribution is 0.104. The summed E-state index contributed by atoms with van der Waals surface area (Å²) in [5.41, 5.74) is 1.85. The number of Topliss-reactive ketones (excluding diaryl/α,β-unsaturated/α-hetero) is 1. The number of rotatable bonds is 9. The summed E-state index contributed by atoms with van der Waals surface area (Å²) in [7, 11) is 8.38. The molecule has 0 unspecified atom stereocenters. The van der Waals surface area contributed by atoms with E-state index in [1.54, 1.807) is 36.4 Å². The summed E-state index contributed by atoms with van der Waals surface area (Å²) < 4.78 is 21.6. The van der Waals surface area contributed by atoms with Crippen LogP contribution in [0.2, 0.25) is 0 Å². The first-order valence-electron chi connectivity index (χ1n) is 9.02. The van der Waals surface area contributed by atoms with Crippen LogP contribution in [0.3, 0.4) is 0 Å². The molecule has 0 N–H and O–H groups in total. The van der Waals surface area contributed by atoms with Gasteiger partial charge >= 0.3 is 0 Å². The van der Waals surface area contributed by atoms with Gasteiger partial charge in [0, 0.05) is 31.3 Å². The van der Waals surface area contributed by atoms with E-state index >= 15 is 0 Å². The number of nitrogens with zero attached hydrogens (tertiary/aromatic N) is 1. The van der Waals surface area contributed by atoms with Gasteiger partial charge in [0.2, 0.25) is 5.78 Å². The fourth-order valence-electron chi connectivity index (χ4n) is 2.79. The highest BCUT2D eigenvalue weighted by molar-refractivity contribution is 6.47. The Hall–Kier alpha value is -2.86. The van der Waals surface area contributed by atoms with E-state index in [2.05, 4.69) is 0 Å². The van der Waals surface area contributed by atoms with E-state index in [1.807, 2.05) is 25.9 Å². The van der Waals surface area contributed by atoms with Gasteiger partial charge in [-0.05, 0) is 37.3 Å². The van der Waals surface area contributed by atoms with Crippen molar-refractivity contribution in [1.29, 1.82) is 0 Å². The molecule has 0 aliphatic rings. The molecular formula is C22H26ClNO5. The van der Waals surface area contributed by atoms with Crippen molar-refractivity contribution in [2.45, 2.75) is 6.92 Å². The zero-order valence-electron chi connectivity index (χ0n) is 17.5. The average molecular weight is 420 g/mol. The first-order chi connectivity index (χ1) is 13.9. The Labute approximate surface area is 176 Å². The second kappa shape index (κ2) is 10.1. The van der Waals surface area contributed by atoms with Crippen LogP contribution in [0.1, 0.15) is 22.8 Å². The van der Waals surface area contributed by atoms with Gasteiger partial charge < -0.3 is 23.8 Å². The summed E-state index contributed by atoms with van der Waals surface area (Å²) in [6, 6.07) is 8.61. The van der Waals surface area contributed by atoms with Crippen LogP contribution in [0.5, 0.6) is 23.0 Å². The summed E-state index contributed by atoms with van der Waals surface area (Å²) in [5.74, 6) is 1.93. The first kappa shape index (κ1) is 22.4. The fourth-order valence-corrected chi connectivity index (χ4v) is 3.02. The van der Waals surface area contributed by atoms with E-state index in [4.69, 9.17) is 30.5 Å². The minimum Gasteiger partial charge on any atom is -0.496 e. The van der Waals surface area contributed by atoms with E-state index in [1.165, 1.54) is 21.3 Å². The van der Waals surface area contributed by atoms with Gasteiger partial charge in [0.25, 0.3) is 0 Å². The van der Waals surface area contributed by atoms with Crippen molar-refractivity contribution in [2.75, 3.05) is 46.9 Å². The molecule has 0 radical (unpaired) electrons. The molecule has 0 aromatic heterocycles. The largest absolute Gasteiger partial charge is 0.496 e. The summed E-state index contributed by atoms with van der Waals surface area (Å²) in [5, 5.41) is 0.0457. The number of carbonyl (C=O) groups is 1. The zero-order valence-corrected chi connectivity index (χ0v) is 18.3. The lowest BCUT2D eigenvalue weighted by atomic mass is 10.1. The highest BCUT2D eigenvalue weighted by Gasteiger charge is 2.17. The van der Waals surface area contributed by atoms with Crippen LogP contribution in [-0.4, -0.2) is 47.8 Å². The van der Waals surface area contributed by atoms with Crippen molar-refractivity contribution in [2.24, 2.45) is 0 Å². The molecule has 0 bridgehead atoms. The maximum absolute atomic E-state index is 12.9. The van der Waals surface area contributed by atoms with Crippen LogP contribution in [0.25, 0.3) is 6.08 Å². The van der Waals surface area contributed by atoms with Crippen molar-refractivity contribution in [3.8, 4) is 23.0 Å². The molecule has 0 amide bonds. The third kappa shape index (κ3) is 5.15. The van der Waals surface area contributed by atoms with E-state index in [9.17, 15) is 4.79 Å². The van der Waals surface area contributed by atoms with Crippen LogP contribution < -0.4 is 23.8 Å². The number of ketones is 1. The number of benzene rings is 2. The molecule has 0 heterocycles. The fraction of sp³-hybridized carbons (Fsp3) is 0.318. The number of ether oxygens (including phenoxy) is 4. The minimum absolute atomic E-state index is 0.0457. The Kier molecular flexibility index (Phi) is 7.79. The zero-order chi connectivity index (χ0) is 21.6. The predicted molar refractivity (Wildman–Crippen MR) is 116 cm³/mol. The van der Waals surface area contributed by atoms with Gasteiger partial charge in [0.1, 0.15) is 11.5 Å². The SMILES string of the molecule is CCOc1ccc(C(=O)C(Cl)=Cc2cc(OC)c(OC)cc2OC)cc1N(C)C. The molecule has 2 aromatic rings. The minimum atomic E-state index is -0.311.